The lowest BCUT2D eigenvalue weighted by atomic mass is 9.69. The van der Waals surface area contributed by atoms with Gasteiger partial charge in [0.15, 0.2) is 0 Å². The largest absolute Gasteiger partial charge is 0.507 e. The number of nitrogens with zero attached hydrogens (tertiary/aromatic N) is 2. The third-order valence-corrected chi connectivity index (χ3v) is 6.94. The van der Waals surface area contributed by atoms with Gasteiger partial charge in [0.25, 0.3) is 0 Å². The number of nitrogens with one attached hydrogen (secondary N) is 1. The maximum atomic E-state index is 11.8. The second kappa shape index (κ2) is 8.99. The summed E-state index contributed by atoms with van der Waals surface area (Å²) in [5.74, 6) is 0.336. The molecule has 0 saturated carbocycles. The molecule has 0 radical (unpaired) electrons. The molecule has 3 aromatic carbocycles. The molecule has 0 aliphatic carbocycles. The summed E-state index contributed by atoms with van der Waals surface area (Å²) < 4.78 is 0. The van der Waals surface area contributed by atoms with Crippen molar-refractivity contribution >= 4 is 0 Å². The summed E-state index contributed by atoms with van der Waals surface area (Å²) in [6, 6.07) is 23.0. The fraction of sp³-hybridized carbons (Fsp3) is 0.355. The Morgan fingerprint density at radius 1 is 0.743 bits per heavy atom. The lowest BCUT2D eigenvalue weighted by Crippen LogP contribution is -2.26. The molecule has 0 saturated heterocycles. The highest BCUT2D eigenvalue weighted by Gasteiger charge is 2.34. The van der Waals surface area contributed by atoms with Gasteiger partial charge in [-0.25, -0.2) is 0 Å². The topological polar surface area (TPSA) is 61.8 Å². The summed E-state index contributed by atoms with van der Waals surface area (Å²) in [6.45, 7) is 15.7. The van der Waals surface area contributed by atoms with Crippen LogP contribution >= 0.6 is 0 Å². The lowest BCUT2D eigenvalue weighted by molar-refractivity contribution is 0.278. The van der Waals surface area contributed by atoms with E-state index < -0.39 is 0 Å². The fourth-order valence-electron chi connectivity index (χ4n) is 5.43. The van der Waals surface area contributed by atoms with Gasteiger partial charge in [-0.15, -0.1) is 5.10 Å². The Kier molecular flexibility index (Phi) is 6.35. The molecular formula is C31H37N3O. The van der Waals surface area contributed by atoms with Crippen molar-refractivity contribution in [2.45, 2.75) is 65.7 Å². The lowest BCUT2D eigenvalue weighted by Gasteiger charge is -2.36. The van der Waals surface area contributed by atoms with Gasteiger partial charge in [-0.05, 0) is 40.0 Å². The molecule has 182 valence electrons. The zero-order valence-electron chi connectivity index (χ0n) is 22.0. The molecular weight excluding hydrogens is 430 g/mol. The van der Waals surface area contributed by atoms with Crippen LogP contribution in [0, 0.1) is 5.41 Å². The maximum absolute atomic E-state index is 11.8. The van der Waals surface area contributed by atoms with E-state index >= 15 is 0 Å². The zero-order chi connectivity index (χ0) is 25.4. The zero-order valence-corrected chi connectivity index (χ0v) is 22.0. The van der Waals surface area contributed by atoms with Gasteiger partial charge < -0.3 is 5.11 Å². The smallest absolute Gasteiger partial charge is 0.127 e. The van der Waals surface area contributed by atoms with Crippen LogP contribution in [0.2, 0.25) is 0 Å². The van der Waals surface area contributed by atoms with E-state index in [0.717, 1.165) is 34.4 Å². The van der Waals surface area contributed by atoms with E-state index in [-0.39, 0.29) is 16.2 Å². The molecule has 4 aromatic rings. The van der Waals surface area contributed by atoms with Crippen molar-refractivity contribution in [1.29, 1.82) is 0 Å². The Labute approximate surface area is 209 Å². The third kappa shape index (κ3) is 5.02. The van der Waals surface area contributed by atoms with E-state index in [9.17, 15) is 5.11 Å². The standard InChI is InChI=1S/C31H37N3O/c1-29(2,3)20-30(4,5)26-18-22(31(6,7)21-13-9-8-10-14-21)17-25(28(26)35)23-15-11-12-16-24(23)27-19-32-34-33-27/h8-19,35H,20H2,1-7H3,(H,32,33,34). The Morgan fingerprint density at radius 2 is 1.37 bits per heavy atom. The number of aromatic nitrogens is 3. The first-order valence-corrected chi connectivity index (χ1v) is 12.3. The first-order chi connectivity index (χ1) is 16.4. The molecule has 0 aliphatic rings. The second-order valence-electron chi connectivity index (χ2n) is 11.9. The van der Waals surface area contributed by atoms with Gasteiger partial charge in [0.05, 0.1) is 6.20 Å². The highest BCUT2D eigenvalue weighted by Crippen LogP contribution is 2.48. The number of benzene rings is 3. The van der Waals surface area contributed by atoms with Crippen LogP contribution < -0.4 is 0 Å². The Balaban J connectivity index is 2.01. The summed E-state index contributed by atoms with van der Waals surface area (Å²) >= 11 is 0. The summed E-state index contributed by atoms with van der Waals surface area (Å²) in [5.41, 5.74) is 6.46. The number of phenolic OH excluding ortho intramolecular Hbond substituents is 1. The number of rotatable bonds is 6. The van der Waals surface area contributed by atoms with Crippen molar-refractivity contribution in [1.82, 2.24) is 15.4 Å². The molecule has 0 aliphatic heterocycles. The molecule has 1 aromatic heterocycles. The van der Waals surface area contributed by atoms with Gasteiger partial charge in [0.2, 0.25) is 0 Å². The van der Waals surface area contributed by atoms with Gasteiger partial charge >= 0.3 is 0 Å². The van der Waals surface area contributed by atoms with Crippen LogP contribution in [0.4, 0.5) is 0 Å². The molecule has 0 spiro atoms. The monoisotopic (exact) mass is 467 g/mol. The molecule has 0 atom stereocenters. The number of H-pyrrole nitrogens is 1. The Bertz CT molecular complexity index is 1300. The summed E-state index contributed by atoms with van der Waals surface area (Å²) in [7, 11) is 0. The minimum Gasteiger partial charge on any atom is -0.507 e. The molecule has 0 amide bonds. The maximum Gasteiger partial charge on any atom is 0.127 e. The van der Waals surface area contributed by atoms with E-state index in [1.807, 2.05) is 24.3 Å². The van der Waals surface area contributed by atoms with Crippen molar-refractivity contribution < 1.29 is 5.11 Å². The van der Waals surface area contributed by atoms with Crippen LogP contribution in [0.25, 0.3) is 22.4 Å². The van der Waals surface area contributed by atoms with Crippen LogP contribution in [0.15, 0.2) is 72.9 Å². The van der Waals surface area contributed by atoms with Crippen LogP contribution in [0.5, 0.6) is 5.75 Å². The first kappa shape index (κ1) is 24.7. The van der Waals surface area contributed by atoms with Gasteiger partial charge in [-0.1, -0.05) is 114 Å². The number of aromatic amines is 1. The van der Waals surface area contributed by atoms with Crippen LogP contribution in [-0.4, -0.2) is 20.5 Å². The molecule has 0 fully saturated rings. The summed E-state index contributed by atoms with van der Waals surface area (Å²) in [5, 5.41) is 22.8. The minimum absolute atomic E-state index is 0.111. The number of phenols is 1. The SMILES string of the molecule is CC(C)(C)CC(C)(C)c1cc(C(C)(C)c2ccccc2)cc(-c2ccccc2-c2c[nH]nn2)c1O. The van der Waals surface area contributed by atoms with E-state index in [2.05, 4.69) is 106 Å². The van der Waals surface area contributed by atoms with Gasteiger partial charge in [-0.3, -0.25) is 5.10 Å². The van der Waals surface area contributed by atoms with Crippen molar-refractivity contribution in [3.8, 4) is 28.1 Å². The summed E-state index contributed by atoms with van der Waals surface area (Å²) in [6.07, 6.45) is 2.73. The highest BCUT2D eigenvalue weighted by molar-refractivity contribution is 5.86. The van der Waals surface area contributed by atoms with Crippen LogP contribution in [0.3, 0.4) is 0 Å². The predicted molar refractivity (Wildman–Crippen MR) is 145 cm³/mol. The van der Waals surface area contributed by atoms with Crippen molar-refractivity contribution in [2.24, 2.45) is 5.41 Å². The Hall–Kier alpha value is -3.40. The van der Waals surface area contributed by atoms with Crippen molar-refractivity contribution in [3.05, 3.63) is 89.6 Å². The molecule has 35 heavy (non-hydrogen) atoms. The van der Waals surface area contributed by atoms with E-state index in [1.54, 1.807) is 6.20 Å². The molecule has 4 nitrogen and oxygen atoms in total. The molecule has 1 heterocycles. The average Bonchev–Trinajstić information content (AvgIpc) is 3.33. The third-order valence-electron chi connectivity index (χ3n) is 6.94. The fourth-order valence-corrected chi connectivity index (χ4v) is 5.43. The minimum atomic E-state index is -0.251. The quantitative estimate of drug-likeness (QED) is 0.303. The van der Waals surface area contributed by atoms with Gasteiger partial charge in [-0.2, -0.15) is 0 Å². The normalized spacial score (nSPS) is 12.7. The molecule has 2 N–H and O–H groups in total. The predicted octanol–water partition coefficient (Wildman–Crippen LogP) is 7.88. The molecule has 0 bridgehead atoms. The molecule has 4 rings (SSSR count). The van der Waals surface area contributed by atoms with Crippen LogP contribution in [-0.2, 0) is 10.8 Å². The number of hydrogen-bond donors (Lipinski definition) is 2. The van der Waals surface area contributed by atoms with E-state index in [0.29, 0.717) is 5.75 Å². The van der Waals surface area contributed by atoms with Gasteiger partial charge in [0.1, 0.15) is 11.4 Å². The first-order valence-electron chi connectivity index (χ1n) is 12.3. The second-order valence-corrected chi connectivity index (χ2v) is 11.9. The summed E-state index contributed by atoms with van der Waals surface area (Å²) in [4.78, 5) is 0. The molecule has 4 heteroatoms. The number of aromatic hydroxyl groups is 1. The van der Waals surface area contributed by atoms with Crippen LogP contribution in [0.1, 0.15) is 71.6 Å². The Morgan fingerprint density at radius 3 is 1.97 bits per heavy atom. The van der Waals surface area contributed by atoms with Crippen molar-refractivity contribution in [2.75, 3.05) is 0 Å². The number of hydrogen-bond acceptors (Lipinski definition) is 3. The molecule has 0 unspecified atom stereocenters. The van der Waals surface area contributed by atoms with Crippen molar-refractivity contribution in [3.63, 3.8) is 0 Å². The van der Waals surface area contributed by atoms with E-state index in [4.69, 9.17) is 0 Å². The van der Waals surface area contributed by atoms with Gasteiger partial charge in [0, 0.05) is 22.1 Å². The van der Waals surface area contributed by atoms with E-state index in [1.165, 1.54) is 11.1 Å². The highest BCUT2D eigenvalue weighted by atomic mass is 16.3. The average molecular weight is 468 g/mol.